The zero-order chi connectivity index (χ0) is 14.5. The fourth-order valence-electron chi connectivity index (χ4n) is 1.46. The predicted octanol–water partition coefficient (Wildman–Crippen LogP) is 2.44. The van der Waals surface area contributed by atoms with E-state index in [0.717, 1.165) is 4.34 Å². The van der Waals surface area contributed by atoms with Gasteiger partial charge in [0.2, 0.25) is 0 Å². The molecule has 0 radical (unpaired) electrons. The van der Waals surface area contributed by atoms with Crippen LogP contribution < -0.4 is 0 Å². The van der Waals surface area contributed by atoms with Gasteiger partial charge in [-0.1, -0.05) is 11.8 Å². The lowest BCUT2D eigenvalue weighted by Crippen LogP contribution is -2.02. The normalized spacial score (nSPS) is 10.4. The minimum atomic E-state index is -0.911. The first-order chi connectivity index (χ1) is 9.60. The summed E-state index contributed by atoms with van der Waals surface area (Å²) in [5, 5.41) is 10.4. The van der Waals surface area contributed by atoms with Gasteiger partial charge >= 0.3 is 11.9 Å². The summed E-state index contributed by atoms with van der Waals surface area (Å²) in [5.74, 6) is -0.417. The maximum absolute atomic E-state index is 11.5. The van der Waals surface area contributed by atoms with Gasteiger partial charge in [0, 0.05) is 5.38 Å². The molecule has 0 aliphatic heterocycles. The Morgan fingerprint density at radius 1 is 1.55 bits per heavy atom. The number of methoxy groups -OCH3 is 1. The second-order valence-corrected chi connectivity index (χ2v) is 5.79. The van der Waals surface area contributed by atoms with Crippen molar-refractivity contribution < 1.29 is 23.8 Å². The van der Waals surface area contributed by atoms with E-state index in [1.807, 2.05) is 0 Å². The van der Waals surface area contributed by atoms with Gasteiger partial charge in [-0.05, 0) is 6.07 Å². The minimum absolute atomic E-state index is 0.0920. The van der Waals surface area contributed by atoms with Crippen LogP contribution in [0.15, 0.2) is 26.5 Å². The van der Waals surface area contributed by atoms with Crippen LogP contribution in [0.4, 0.5) is 0 Å². The first-order valence-electron chi connectivity index (χ1n) is 5.54. The van der Waals surface area contributed by atoms with E-state index < -0.39 is 11.9 Å². The van der Waals surface area contributed by atoms with Gasteiger partial charge in [-0.2, -0.15) is 0 Å². The number of aliphatic carboxylic acids is 1. The van der Waals surface area contributed by atoms with E-state index in [1.54, 1.807) is 11.4 Å². The molecule has 0 amide bonds. The number of rotatable bonds is 6. The highest BCUT2D eigenvalue weighted by Crippen LogP contribution is 2.28. The van der Waals surface area contributed by atoms with Crippen molar-refractivity contribution in [2.45, 2.75) is 16.5 Å². The van der Waals surface area contributed by atoms with Gasteiger partial charge in [0.1, 0.15) is 11.3 Å². The Bertz CT molecular complexity index is 619. The molecular weight excluding hydrogens is 302 g/mol. The van der Waals surface area contributed by atoms with Gasteiger partial charge in [-0.25, -0.2) is 9.78 Å². The van der Waals surface area contributed by atoms with E-state index in [9.17, 15) is 9.59 Å². The Morgan fingerprint density at radius 2 is 2.35 bits per heavy atom. The van der Waals surface area contributed by atoms with E-state index in [4.69, 9.17) is 9.52 Å². The van der Waals surface area contributed by atoms with Crippen LogP contribution in [0, 0.1) is 0 Å². The average molecular weight is 313 g/mol. The number of carboxylic acid groups (broad SMARTS) is 1. The molecule has 0 aliphatic rings. The fraction of sp³-hybridized carbons (Fsp3) is 0.250. The number of ether oxygens (including phenoxy) is 1. The van der Waals surface area contributed by atoms with Crippen LogP contribution in [0.25, 0.3) is 0 Å². The average Bonchev–Trinajstić information content (AvgIpc) is 3.03. The smallest absolute Gasteiger partial charge is 0.341 e. The molecule has 8 heteroatoms. The highest BCUT2D eigenvalue weighted by molar-refractivity contribution is 8.00. The summed E-state index contributed by atoms with van der Waals surface area (Å²) in [6, 6.07) is 1.55. The Labute approximate surface area is 122 Å². The number of carboxylic acids is 1. The summed E-state index contributed by atoms with van der Waals surface area (Å²) >= 11 is 2.75. The Kier molecular flexibility index (Phi) is 4.80. The van der Waals surface area contributed by atoms with Gasteiger partial charge in [0.25, 0.3) is 0 Å². The van der Waals surface area contributed by atoms with Crippen LogP contribution in [0.2, 0.25) is 0 Å². The summed E-state index contributed by atoms with van der Waals surface area (Å²) in [5.41, 5.74) is 0.917. The van der Waals surface area contributed by atoms with Crippen molar-refractivity contribution in [3.8, 4) is 0 Å². The number of hydrogen-bond donors (Lipinski definition) is 1. The van der Waals surface area contributed by atoms with Gasteiger partial charge in [0.15, 0.2) is 4.34 Å². The standard InChI is InChI=1S/C12H11NO5S2/c1-17-11(16)8-2-3-18-9(8)6-20-12-13-7(5-19-12)4-10(14)15/h2-3,5H,4,6H2,1H3,(H,14,15). The molecule has 2 heterocycles. The number of aromatic nitrogens is 1. The quantitative estimate of drug-likeness (QED) is 0.647. The van der Waals surface area contributed by atoms with Crippen LogP contribution in [0.3, 0.4) is 0 Å². The third-order valence-corrected chi connectivity index (χ3v) is 4.41. The molecule has 6 nitrogen and oxygen atoms in total. The lowest BCUT2D eigenvalue weighted by molar-refractivity contribution is -0.136. The molecule has 0 bridgehead atoms. The number of furan rings is 1. The molecule has 0 saturated carbocycles. The van der Waals surface area contributed by atoms with Crippen LogP contribution >= 0.6 is 23.1 Å². The molecule has 2 rings (SSSR count). The Balaban J connectivity index is 1.98. The molecule has 0 spiro atoms. The van der Waals surface area contributed by atoms with Gasteiger partial charge < -0.3 is 14.3 Å². The van der Waals surface area contributed by atoms with Crippen molar-refractivity contribution in [3.63, 3.8) is 0 Å². The first kappa shape index (κ1) is 14.6. The van der Waals surface area contributed by atoms with Crippen molar-refractivity contribution in [2.24, 2.45) is 0 Å². The highest BCUT2D eigenvalue weighted by atomic mass is 32.2. The second-order valence-electron chi connectivity index (χ2n) is 3.71. The number of nitrogens with zero attached hydrogens (tertiary/aromatic N) is 1. The maximum atomic E-state index is 11.5. The molecule has 0 unspecified atom stereocenters. The number of thioether (sulfide) groups is 1. The molecule has 2 aromatic rings. The molecule has 2 aromatic heterocycles. The zero-order valence-electron chi connectivity index (χ0n) is 10.5. The van der Waals surface area contributed by atoms with Crippen LogP contribution in [-0.4, -0.2) is 29.1 Å². The summed E-state index contributed by atoms with van der Waals surface area (Å²) in [4.78, 5) is 26.2. The van der Waals surface area contributed by atoms with Crippen molar-refractivity contribution in [1.29, 1.82) is 0 Å². The number of carbonyl (C=O) groups is 2. The first-order valence-corrected chi connectivity index (χ1v) is 7.40. The summed E-state index contributed by atoms with van der Waals surface area (Å²) in [6.07, 6.45) is 1.34. The van der Waals surface area contributed by atoms with Crippen molar-refractivity contribution in [1.82, 2.24) is 4.98 Å². The number of carbonyl (C=O) groups excluding carboxylic acids is 1. The lowest BCUT2D eigenvalue weighted by Gasteiger charge is -1.99. The predicted molar refractivity (Wildman–Crippen MR) is 73.1 cm³/mol. The van der Waals surface area contributed by atoms with E-state index >= 15 is 0 Å². The minimum Gasteiger partial charge on any atom is -0.481 e. The van der Waals surface area contributed by atoms with Crippen molar-refractivity contribution >= 4 is 35.0 Å². The van der Waals surface area contributed by atoms with E-state index in [0.29, 0.717) is 22.8 Å². The third-order valence-electron chi connectivity index (χ3n) is 2.34. The summed E-state index contributed by atoms with van der Waals surface area (Å²) in [7, 11) is 1.31. The molecular formula is C12H11NO5S2. The topological polar surface area (TPSA) is 89.6 Å². The van der Waals surface area contributed by atoms with Crippen LogP contribution in [0.1, 0.15) is 21.8 Å². The monoisotopic (exact) mass is 313 g/mol. The summed E-state index contributed by atoms with van der Waals surface area (Å²) in [6.45, 7) is 0. The van der Waals surface area contributed by atoms with E-state index in [2.05, 4.69) is 9.72 Å². The molecule has 0 saturated heterocycles. The molecule has 106 valence electrons. The van der Waals surface area contributed by atoms with Gasteiger partial charge in [0.05, 0.1) is 31.2 Å². The van der Waals surface area contributed by atoms with Crippen LogP contribution in [-0.2, 0) is 21.7 Å². The highest BCUT2D eigenvalue weighted by Gasteiger charge is 2.16. The molecule has 1 N–H and O–H groups in total. The number of esters is 1. The molecule has 20 heavy (non-hydrogen) atoms. The zero-order valence-corrected chi connectivity index (χ0v) is 12.1. The molecule has 0 fully saturated rings. The van der Waals surface area contributed by atoms with Crippen molar-refractivity contribution in [3.05, 3.63) is 34.7 Å². The van der Waals surface area contributed by atoms with E-state index in [1.165, 1.54) is 36.5 Å². The van der Waals surface area contributed by atoms with Gasteiger partial charge in [-0.3, -0.25) is 4.79 Å². The van der Waals surface area contributed by atoms with Crippen molar-refractivity contribution in [2.75, 3.05) is 7.11 Å². The van der Waals surface area contributed by atoms with E-state index in [-0.39, 0.29) is 6.42 Å². The van der Waals surface area contributed by atoms with Crippen LogP contribution in [0.5, 0.6) is 0 Å². The molecule has 0 aromatic carbocycles. The summed E-state index contributed by atoms with van der Waals surface area (Å²) < 4.78 is 10.6. The Hall–Kier alpha value is -1.80. The molecule has 0 aliphatic carbocycles. The largest absolute Gasteiger partial charge is 0.481 e. The SMILES string of the molecule is COC(=O)c1ccoc1CSc1nc(CC(=O)O)cs1. The fourth-order valence-corrected chi connectivity index (χ4v) is 3.26. The maximum Gasteiger partial charge on any atom is 0.341 e. The number of thiazole rings is 1. The molecule has 0 atom stereocenters. The Morgan fingerprint density at radius 3 is 3.05 bits per heavy atom. The second kappa shape index (κ2) is 6.58. The number of hydrogen-bond acceptors (Lipinski definition) is 7. The lowest BCUT2D eigenvalue weighted by atomic mass is 10.3. The van der Waals surface area contributed by atoms with Gasteiger partial charge in [-0.15, -0.1) is 11.3 Å². The third kappa shape index (κ3) is 3.61.